The number of hydrogen-bond acceptors (Lipinski definition) is 5. The first-order valence-corrected chi connectivity index (χ1v) is 20.7. The Morgan fingerprint density at radius 1 is 0.371 bits per heavy atom. The van der Waals surface area contributed by atoms with Gasteiger partial charge in [-0.3, -0.25) is 4.57 Å². The molecule has 0 aliphatic carbocycles. The second-order valence-electron chi connectivity index (χ2n) is 15.4. The van der Waals surface area contributed by atoms with Gasteiger partial charge in [0, 0.05) is 39.0 Å². The molecule has 4 heterocycles. The summed E-state index contributed by atoms with van der Waals surface area (Å²) in [5, 5.41) is 4.25. The zero-order valence-electron chi connectivity index (χ0n) is 33.4. The van der Waals surface area contributed by atoms with Crippen molar-refractivity contribution in [3.8, 4) is 73.4 Å². The molecule has 0 aliphatic heterocycles. The maximum atomic E-state index is 6.69. The average Bonchev–Trinajstić information content (AvgIpc) is 3.90. The first-order valence-electron chi connectivity index (χ1n) is 20.7. The highest BCUT2D eigenvalue weighted by Crippen LogP contribution is 2.45. The van der Waals surface area contributed by atoms with Gasteiger partial charge in [0.05, 0.1) is 22.0 Å². The number of pyridine rings is 1. The van der Waals surface area contributed by atoms with E-state index in [-0.39, 0.29) is 0 Å². The Bertz CT molecular complexity index is 3500. The number of rotatable bonds is 7. The van der Waals surface area contributed by atoms with Crippen molar-refractivity contribution in [3.05, 3.63) is 212 Å². The Labute approximate surface area is 357 Å². The molecule has 0 N–H and O–H groups in total. The van der Waals surface area contributed by atoms with Crippen molar-refractivity contribution in [1.29, 1.82) is 0 Å². The summed E-state index contributed by atoms with van der Waals surface area (Å²) in [5.41, 5.74) is 12.6. The molecule has 0 atom stereocenters. The van der Waals surface area contributed by atoms with Crippen molar-refractivity contribution in [2.24, 2.45) is 0 Å². The van der Waals surface area contributed by atoms with E-state index in [0.29, 0.717) is 23.3 Å². The summed E-state index contributed by atoms with van der Waals surface area (Å²) in [7, 11) is 0. The number of benzene rings is 8. The van der Waals surface area contributed by atoms with Crippen molar-refractivity contribution < 1.29 is 4.42 Å². The maximum absolute atomic E-state index is 6.69. The first kappa shape index (κ1) is 35.5. The second kappa shape index (κ2) is 14.7. The molecule has 62 heavy (non-hydrogen) atoms. The lowest BCUT2D eigenvalue weighted by Gasteiger charge is -2.19. The summed E-state index contributed by atoms with van der Waals surface area (Å²) < 4.78 is 8.93. The van der Waals surface area contributed by atoms with Crippen molar-refractivity contribution >= 4 is 43.7 Å². The summed E-state index contributed by atoms with van der Waals surface area (Å²) in [5.74, 6) is 2.35. The summed E-state index contributed by atoms with van der Waals surface area (Å²) in [4.78, 5) is 21.2. The predicted molar refractivity (Wildman–Crippen MR) is 252 cm³/mol. The van der Waals surface area contributed by atoms with E-state index < -0.39 is 0 Å². The molecule has 0 aliphatic rings. The van der Waals surface area contributed by atoms with E-state index in [0.717, 1.165) is 93.8 Å². The largest absolute Gasteiger partial charge is 0.455 e. The topological polar surface area (TPSA) is 69.6 Å². The van der Waals surface area contributed by atoms with Crippen molar-refractivity contribution in [2.45, 2.75) is 0 Å². The third-order valence-electron chi connectivity index (χ3n) is 11.7. The molecule has 0 amide bonds. The minimum absolute atomic E-state index is 0.510. The molecule has 0 fully saturated rings. The van der Waals surface area contributed by atoms with E-state index in [1.165, 1.54) is 0 Å². The SMILES string of the molecule is c1ccc(-c2nc(-c3ccccc3)nc(-c3cc(-c4c(-c5ccccc5)cccc4-c4ccccc4)cnc3-n3c4ccccc4c4c5oc6ccccc6c5ccc43)n2)cc1. The monoisotopic (exact) mass is 793 g/mol. The molecule has 0 saturated heterocycles. The molecule has 12 rings (SSSR count). The van der Waals surface area contributed by atoms with Gasteiger partial charge in [0.15, 0.2) is 17.5 Å². The van der Waals surface area contributed by atoms with E-state index in [1.807, 2.05) is 79.0 Å². The standard InChI is InChI=1S/C56H35N5O/c1-5-18-36(19-6-1)41-28-17-29-42(37-20-7-2-8-21-37)50(41)40-34-46(55-59-53(38-22-9-3-10-23-38)58-54(60-55)39-24-11-4-12-25-39)56(57-35-40)61-47-30-15-13-27-45(47)51-48(61)33-32-44-43-26-14-16-31-49(43)62-52(44)51/h1-35H. The maximum Gasteiger partial charge on any atom is 0.167 e. The van der Waals surface area contributed by atoms with Crippen LogP contribution in [-0.2, 0) is 0 Å². The average molecular weight is 794 g/mol. The van der Waals surface area contributed by atoms with Crippen LogP contribution in [0.15, 0.2) is 217 Å². The minimum atomic E-state index is 0.510. The molecule has 0 unspecified atom stereocenters. The molecule has 0 bridgehead atoms. The van der Waals surface area contributed by atoms with Crippen LogP contribution < -0.4 is 0 Å². The smallest absolute Gasteiger partial charge is 0.167 e. The fourth-order valence-electron chi connectivity index (χ4n) is 8.91. The van der Waals surface area contributed by atoms with Gasteiger partial charge in [0.1, 0.15) is 17.0 Å². The van der Waals surface area contributed by atoms with Crippen LogP contribution in [0.25, 0.3) is 117 Å². The molecule has 8 aromatic carbocycles. The van der Waals surface area contributed by atoms with Crippen LogP contribution in [0.3, 0.4) is 0 Å². The van der Waals surface area contributed by atoms with Crippen LogP contribution in [0.2, 0.25) is 0 Å². The quantitative estimate of drug-likeness (QED) is 0.161. The fourth-order valence-corrected chi connectivity index (χ4v) is 8.91. The van der Waals surface area contributed by atoms with E-state index in [4.69, 9.17) is 24.4 Å². The molecule has 290 valence electrons. The van der Waals surface area contributed by atoms with Crippen LogP contribution in [0, 0.1) is 0 Å². The number of aromatic nitrogens is 5. The van der Waals surface area contributed by atoms with Gasteiger partial charge in [-0.1, -0.05) is 176 Å². The zero-order chi connectivity index (χ0) is 41.0. The van der Waals surface area contributed by atoms with Crippen LogP contribution in [0.5, 0.6) is 0 Å². The fraction of sp³-hybridized carbons (Fsp3) is 0. The molecular formula is C56H35N5O. The Balaban J connectivity index is 1.20. The lowest BCUT2D eigenvalue weighted by Crippen LogP contribution is -2.06. The summed E-state index contributed by atoms with van der Waals surface area (Å²) in [6.07, 6.45) is 2.00. The number of furan rings is 1. The highest BCUT2D eigenvalue weighted by molar-refractivity contribution is 6.24. The lowest BCUT2D eigenvalue weighted by molar-refractivity contribution is 0.673. The number of nitrogens with zero attached hydrogens (tertiary/aromatic N) is 5. The van der Waals surface area contributed by atoms with Gasteiger partial charge in [0.2, 0.25) is 0 Å². The predicted octanol–water partition coefficient (Wildman–Crippen LogP) is 14.3. The van der Waals surface area contributed by atoms with Crippen LogP contribution >= 0.6 is 0 Å². The van der Waals surface area contributed by atoms with Crippen molar-refractivity contribution in [3.63, 3.8) is 0 Å². The molecule has 6 heteroatoms. The number of hydrogen-bond donors (Lipinski definition) is 0. The van der Waals surface area contributed by atoms with Gasteiger partial charge in [-0.15, -0.1) is 0 Å². The van der Waals surface area contributed by atoms with Gasteiger partial charge < -0.3 is 4.42 Å². The molecule has 6 nitrogen and oxygen atoms in total. The third kappa shape index (κ3) is 5.88. The van der Waals surface area contributed by atoms with Crippen molar-refractivity contribution in [2.75, 3.05) is 0 Å². The van der Waals surface area contributed by atoms with Gasteiger partial charge >= 0.3 is 0 Å². The normalized spacial score (nSPS) is 11.5. The van der Waals surface area contributed by atoms with E-state index >= 15 is 0 Å². The summed E-state index contributed by atoms with van der Waals surface area (Å²) in [6.45, 7) is 0. The molecular weight excluding hydrogens is 759 g/mol. The van der Waals surface area contributed by atoms with Gasteiger partial charge in [-0.05, 0) is 58.1 Å². The van der Waals surface area contributed by atoms with E-state index in [9.17, 15) is 0 Å². The van der Waals surface area contributed by atoms with Gasteiger partial charge in [0.25, 0.3) is 0 Å². The van der Waals surface area contributed by atoms with Crippen LogP contribution in [0.1, 0.15) is 0 Å². The molecule has 12 aromatic rings. The first-order chi connectivity index (χ1) is 30.8. The summed E-state index contributed by atoms with van der Waals surface area (Å²) >= 11 is 0. The highest BCUT2D eigenvalue weighted by atomic mass is 16.3. The van der Waals surface area contributed by atoms with Crippen LogP contribution in [-0.4, -0.2) is 24.5 Å². The molecule has 4 aromatic heterocycles. The summed E-state index contributed by atoms with van der Waals surface area (Å²) in [6, 6.07) is 71.1. The molecule has 0 spiro atoms. The highest BCUT2D eigenvalue weighted by Gasteiger charge is 2.25. The Morgan fingerprint density at radius 2 is 0.903 bits per heavy atom. The van der Waals surface area contributed by atoms with E-state index in [1.54, 1.807) is 0 Å². The Morgan fingerprint density at radius 3 is 1.53 bits per heavy atom. The van der Waals surface area contributed by atoms with Gasteiger partial charge in [-0.25, -0.2) is 19.9 Å². The second-order valence-corrected chi connectivity index (χ2v) is 15.4. The van der Waals surface area contributed by atoms with Crippen molar-refractivity contribution in [1.82, 2.24) is 24.5 Å². The Hall–Kier alpha value is -8.48. The molecule has 0 radical (unpaired) electrons. The third-order valence-corrected chi connectivity index (χ3v) is 11.7. The lowest BCUT2D eigenvalue weighted by atomic mass is 9.88. The number of fused-ring (bicyclic) bond motifs is 7. The van der Waals surface area contributed by atoms with Gasteiger partial charge in [-0.2, -0.15) is 0 Å². The minimum Gasteiger partial charge on any atom is -0.455 e. The van der Waals surface area contributed by atoms with Crippen LogP contribution in [0.4, 0.5) is 0 Å². The zero-order valence-corrected chi connectivity index (χ0v) is 33.4. The Kier molecular flexibility index (Phi) is 8.38. The number of para-hydroxylation sites is 2. The van der Waals surface area contributed by atoms with E-state index in [2.05, 4.69) is 138 Å². The molecule has 0 saturated carbocycles.